The van der Waals surface area contributed by atoms with Crippen LogP contribution in [0.3, 0.4) is 0 Å². The molecule has 362 valence electrons. The molecule has 2 amide bonds. The Balaban J connectivity index is 2.54. The fourth-order valence-corrected chi connectivity index (χ4v) is 9.22. The van der Waals surface area contributed by atoms with Gasteiger partial charge >= 0.3 is 12.2 Å². The van der Waals surface area contributed by atoms with E-state index in [1.807, 2.05) is 0 Å². The molecule has 0 aromatic rings. The number of carbonyl (C=O) groups excluding carboxylic acids is 2. The minimum Gasteiger partial charge on any atom is -0.449 e. The van der Waals surface area contributed by atoms with Crippen molar-refractivity contribution in [3.63, 3.8) is 0 Å². The lowest BCUT2D eigenvalue weighted by Crippen LogP contribution is -2.44. The number of hydrogen-bond donors (Lipinski definition) is 3. The van der Waals surface area contributed by atoms with Gasteiger partial charge in [-0.25, -0.2) is 9.59 Å². The maximum atomic E-state index is 12.7. The molecule has 2 unspecified atom stereocenters. The van der Waals surface area contributed by atoms with Crippen LogP contribution in [0.2, 0.25) is 0 Å². The van der Waals surface area contributed by atoms with Crippen LogP contribution in [0, 0.1) is 11.8 Å². The van der Waals surface area contributed by atoms with Crippen LogP contribution in [-0.4, -0.2) is 98.8 Å². The number of carbonyl (C=O) groups is 2. The number of hydrogen-bond acceptors (Lipinski definition) is 7. The Labute approximate surface area is 378 Å². The van der Waals surface area contributed by atoms with Crippen LogP contribution in [0.1, 0.15) is 240 Å². The van der Waals surface area contributed by atoms with Crippen molar-refractivity contribution in [2.24, 2.45) is 11.8 Å². The average molecular weight is 865 g/mol. The minimum atomic E-state index is -0.267. The van der Waals surface area contributed by atoms with E-state index in [-0.39, 0.29) is 18.8 Å². The first-order chi connectivity index (χ1) is 30.0. The van der Waals surface area contributed by atoms with Crippen LogP contribution >= 0.6 is 0 Å². The summed E-state index contributed by atoms with van der Waals surface area (Å²) in [6.45, 7) is 16.2. The lowest BCUT2D eigenvalue weighted by atomic mass is 9.94. The number of unbranched alkanes of at least 4 members (excludes halogenated alkanes) is 18. The van der Waals surface area contributed by atoms with Crippen LogP contribution < -0.4 is 10.6 Å². The van der Waals surface area contributed by atoms with Crippen molar-refractivity contribution in [3.8, 4) is 0 Å². The fourth-order valence-electron chi connectivity index (χ4n) is 9.22. The van der Waals surface area contributed by atoms with Crippen LogP contribution in [0.5, 0.6) is 0 Å². The molecule has 0 heterocycles. The number of alkyl carbamates (subject to hydrolysis) is 2. The highest BCUT2D eigenvalue weighted by Crippen LogP contribution is 2.23. The molecule has 0 aromatic heterocycles. The number of rotatable bonds is 44. The van der Waals surface area contributed by atoms with Gasteiger partial charge in [0.25, 0.3) is 0 Å². The van der Waals surface area contributed by atoms with E-state index in [0.29, 0.717) is 44.2 Å². The van der Waals surface area contributed by atoms with E-state index in [4.69, 9.17) is 9.47 Å². The predicted molar refractivity (Wildman–Crippen MR) is 260 cm³/mol. The van der Waals surface area contributed by atoms with Gasteiger partial charge in [-0.1, -0.05) is 175 Å². The summed E-state index contributed by atoms with van der Waals surface area (Å²) in [7, 11) is 0. The summed E-state index contributed by atoms with van der Waals surface area (Å²) in [5, 5.41) is 16.0. The van der Waals surface area contributed by atoms with Gasteiger partial charge in [0.15, 0.2) is 0 Å². The monoisotopic (exact) mass is 865 g/mol. The molecule has 0 spiro atoms. The zero-order valence-corrected chi connectivity index (χ0v) is 41.1. The molecular formula is C52H104N4O5. The van der Waals surface area contributed by atoms with Crippen molar-refractivity contribution >= 4 is 12.2 Å². The Morgan fingerprint density at radius 3 is 1.30 bits per heavy atom. The summed E-state index contributed by atoms with van der Waals surface area (Å²) >= 11 is 0. The Morgan fingerprint density at radius 2 is 0.885 bits per heavy atom. The Hall–Kier alpha value is -1.58. The molecule has 9 nitrogen and oxygen atoms in total. The zero-order chi connectivity index (χ0) is 44.3. The molecule has 1 fully saturated rings. The highest BCUT2D eigenvalue weighted by Gasteiger charge is 2.21. The highest BCUT2D eigenvalue weighted by atomic mass is 16.6. The number of aliphatic hydroxyl groups is 1. The second-order valence-electron chi connectivity index (χ2n) is 18.9. The molecule has 0 aromatic carbocycles. The molecule has 9 heteroatoms. The van der Waals surface area contributed by atoms with Gasteiger partial charge in [0.2, 0.25) is 0 Å². The highest BCUT2D eigenvalue weighted by molar-refractivity contribution is 5.67. The van der Waals surface area contributed by atoms with Crippen LogP contribution in [0.4, 0.5) is 9.59 Å². The van der Waals surface area contributed by atoms with E-state index in [1.54, 1.807) is 0 Å². The summed E-state index contributed by atoms with van der Waals surface area (Å²) in [6, 6.07) is 0.580. The zero-order valence-electron chi connectivity index (χ0n) is 41.1. The normalized spacial score (nSPS) is 14.4. The standard InChI is InChI=1S/C52H104N4O5/c1-5-9-13-17-19-24-34-48(32-22-15-11-7-3)46-60-51(58)53-38-28-30-40-55(42-43-56(44-45-57)50-36-26-21-27-37-50)41-31-29-39-54-52(59)61-47-49(33-23-16-12-8-4)35-25-20-18-14-10-6-2/h48-50,57H,5-47H2,1-4H3,(H,53,58)(H,54,59). The summed E-state index contributed by atoms with van der Waals surface area (Å²) < 4.78 is 11.6. The number of amides is 2. The van der Waals surface area contributed by atoms with Crippen molar-refractivity contribution in [2.45, 2.75) is 246 Å². The summed E-state index contributed by atoms with van der Waals surface area (Å²) in [5.74, 6) is 0.943. The van der Waals surface area contributed by atoms with E-state index in [9.17, 15) is 14.7 Å². The molecule has 1 aliphatic rings. The molecule has 1 saturated carbocycles. The first-order valence-corrected chi connectivity index (χ1v) is 26.9. The minimum absolute atomic E-state index is 0.206. The number of nitrogens with zero attached hydrogens (tertiary/aromatic N) is 2. The number of aliphatic hydroxyl groups excluding tert-OH is 1. The fraction of sp³-hybridized carbons (Fsp3) is 0.962. The van der Waals surface area contributed by atoms with Gasteiger partial charge in [0.1, 0.15) is 0 Å². The third-order valence-corrected chi connectivity index (χ3v) is 13.3. The molecular weight excluding hydrogens is 761 g/mol. The van der Waals surface area contributed by atoms with Gasteiger partial charge in [0.05, 0.1) is 19.8 Å². The van der Waals surface area contributed by atoms with Crippen LogP contribution in [0.25, 0.3) is 0 Å². The number of nitrogens with one attached hydrogen (secondary N) is 2. The molecule has 0 bridgehead atoms. The maximum absolute atomic E-state index is 12.7. The maximum Gasteiger partial charge on any atom is 0.407 e. The summed E-state index contributed by atoms with van der Waals surface area (Å²) in [4.78, 5) is 30.5. The largest absolute Gasteiger partial charge is 0.449 e. The molecule has 0 saturated heterocycles. The third kappa shape index (κ3) is 35.5. The molecule has 61 heavy (non-hydrogen) atoms. The van der Waals surface area contributed by atoms with E-state index in [1.165, 1.54) is 161 Å². The van der Waals surface area contributed by atoms with Gasteiger partial charge in [-0.05, 0) is 89.1 Å². The Morgan fingerprint density at radius 1 is 0.492 bits per heavy atom. The Bertz CT molecular complexity index is 893. The molecule has 1 rings (SSSR count). The van der Waals surface area contributed by atoms with Crippen LogP contribution in [-0.2, 0) is 9.47 Å². The van der Waals surface area contributed by atoms with Crippen molar-refractivity contribution in [3.05, 3.63) is 0 Å². The van der Waals surface area contributed by atoms with Crippen molar-refractivity contribution in [1.29, 1.82) is 0 Å². The summed E-state index contributed by atoms with van der Waals surface area (Å²) in [5.41, 5.74) is 0. The van der Waals surface area contributed by atoms with Gasteiger partial charge in [-0.2, -0.15) is 0 Å². The van der Waals surface area contributed by atoms with Crippen molar-refractivity contribution < 1.29 is 24.2 Å². The number of ether oxygens (including phenoxy) is 2. The molecule has 3 N–H and O–H groups in total. The van der Waals surface area contributed by atoms with Gasteiger partial charge < -0.3 is 30.1 Å². The quantitative estimate of drug-likeness (QED) is 0.0524. The smallest absolute Gasteiger partial charge is 0.407 e. The van der Waals surface area contributed by atoms with Crippen LogP contribution in [0.15, 0.2) is 0 Å². The summed E-state index contributed by atoms with van der Waals surface area (Å²) in [6.07, 6.45) is 40.0. The Kier molecular flexibility index (Phi) is 41.1. The topological polar surface area (TPSA) is 103 Å². The van der Waals surface area contributed by atoms with E-state index in [0.717, 1.165) is 84.1 Å². The van der Waals surface area contributed by atoms with Gasteiger partial charge in [0, 0.05) is 38.8 Å². The van der Waals surface area contributed by atoms with E-state index in [2.05, 4.69) is 48.1 Å². The lowest BCUT2D eigenvalue weighted by Gasteiger charge is -2.35. The van der Waals surface area contributed by atoms with E-state index < -0.39 is 0 Å². The lowest BCUT2D eigenvalue weighted by molar-refractivity contribution is 0.106. The third-order valence-electron chi connectivity index (χ3n) is 13.3. The second-order valence-corrected chi connectivity index (χ2v) is 18.9. The first-order valence-electron chi connectivity index (χ1n) is 26.9. The second kappa shape index (κ2) is 43.7. The SMILES string of the molecule is CCCCCCCCC(CCCCCC)COC(=O)NCCCCN(CCCCNC(=O)OCC(CCCCCC)CCCCCCCC)CCN(CCO)C1CCCCC1. The van der Waals surface area contributed by atoms with Crippen molar-refractivity contribution in [2.75, 3.05) is 65.6 Å². The molecule has 2 atom stereocenters. The van der Waals surface area contributed by atoms with Gasteiger partial charge in [-0.15, -0.1) is 0 Å². The van der Waals surface area contributed by atoms with E-state index >= 15 is 0 Å². The predicted octanol–water partition coefficient (Wildman–Crippen LogP) is 13.6. The molecule has 1 aliphatic carbocycles. The molecule has 0 radical (unpaired) electrons. The average Bonchev–Trinajstić information content (AvgIpc) is 3.27. The van der Waals surface area contributed by atoms with Crippen molar-refractivity contribution in [1.82, 2.24) is 20.4 Å². The van der Waals surface area contributed by atoms with Gasteiger partial charge in [-0.3, -0.25) is 4.90 Å². The molecule has 0 aliphatic heterocycles. The first kappa shape index (κ1) is 57.4.